The fourth-order valence-electron chi connectivity index (χ4n) is 2.73. The largest absolute Gasteiger partial charge is 0.379 e. The Morgan fingerprint density at radius 1 is 1.33 bits per heavy atom. The number of nitrogens with one attached hydrogen (secondary N) is 1. The Morgan fingerprint density at radius 3 is 2.58 bits per heavy atom. The number of halogens is 1. The molecule has 1 unspecified atom stereocenters. The quantitative estimate of drug-likeness (QED) is 0.244. The molecule has 1 saturated heterocycles. The summed E-state index contributed by atoms with van der Waals surface area (Å²) in [6.07, 6.45) is 4.79. The third-order valence-electron chi connectivity index (χ3n) is 4.46. The fraction of sp³-hybridized carbons (Fsp3) is 0.933. The van der Waals surface area contributed by atoms with E-state index in [9.17, 15) is 8.42 Å². The Kier molecular flexibility index (Phi) is 9.24. The van der Waals surface area contributed by atoms with Gasteiger partial charge in [0.15, 0.2) is 5.96 Å². The van der Waals surface area contributed by atoms with Gasteiger partial charge in [-0.15, -0.1) is 24.0 Å². The van der Waals surface area contributed by atoms with Crippen LogP contribution in [0.4, 0.5) is 0 Å². The molecule has 0 aromatic rings. The van der Waals surface area contributed by atoms with Gasteiger partial charge < -0.3 is 15.0 Å². The minimum Gasteiger partial charge on any atom is -0.379 e. The van der Waals surface area contributed by atoms with Crippen LogP contribution in [0.5, 0.6) is 0 Å². The van der Waals surface area contributed by atoms with Crippen LogP contribution in [0, 0.1) is 11.8 Å². The molecule has 7 nitrogen and oxygen atoms in total. The normalized spacial score (nSPS) is 22.3. The lowest BCUT2D eigenvalue weighted by molar-refractivity contribution is 0.115. The van der Waals surface area contributed by atoms with Crippen molar-refractivity contribution in [1.82, 2.24) is 14.5 Å². The van der Waals surface area contributed by atoms with Crippen molar-refractivity contribution in [2.24, 2.45) is 16.8 Å². The van der Waals surface area contributed by atoms with E-state index in [4.69, 9.17) is 4.74 Å². The van der Waals surface area contributed by atoms with Crippen molar-refractivity contribution in [2.75, 3.05) is 59.7 Å². The molecule has 0 spiro atoms. The van der Waals surface area contributed by atoms with E-state index >= 15 is 0 Å². The summed E-state index contributed by atoms with van der Waals surface area (Å²) in [4.78, 5) is 6.34. The SMILES string of the molecule is CN=C(NCC1CCN(S(C)(=O)=O)C1)N(C)CCOCC1CC1.I. The summed E-state index contributed by atoms with van der Waals surface area (Å²) in [6, 6.07) is 0. The molecule has 1 saturated carbocycles. The minimum absolute atomic E-state index is 0. The third-order valence-corrected chi connectivity index (χ3v) is 5.73. The first-order chi connectivity index (χ1) is 10.9. The highest BCUT2D eigenvalue weighted by molar-refractivity contribution is 14.0. The van der Waals surface area contributed by atoms with E-state index in [0.717, 1.165) is 38.0 Å². The Hall–Kier alpha value is -0.130. The van der Waals surface area contributed by atoms with Crippen LogP contribution in [0.3, 0.4) is 0 Å². The summed E-state index contributed by atoms with van der Waals surface area (Å²) in [6.45, 7) is 4.34. The van der Waals surface area contributed by atoms with Crippen molar-refractivity contribution in [2.45, 2.75) is 19.3 Å². The lowest BCUT2D eigenvalue weighted by Gasteiger charge is -2.23. The van der Waals surface area contributed by atoms with Crippen LogP contribution in [-0.2, 0) is 14.8 Å². The van der Waals surface area contributed by atoms with E-state index in [-0.39, 0.29) is 24.0 Å². The zero-order valence-corrected chi connectivity index (χ0v) is 18.0. The van der Waals surface area contributed by atoms with Gasteiger partial charge in [0.05, 0.1) is 12.9 Å². The van der Waals surface area contributed by atoms with Crippen molar-refractivity contribution >= 4 is 40.0 Å². The topological polar surface area (TPSA) is 74.2 Å². The zero-order valence-electron chi connectivity index (χ0n) is 14.9. The van der Waals surface area contributed by atoms with E-state index in [0.29, 0.717) is 25.6 Å². The average Bonchev–Trinajstić information content (AvgIpc) is 3.18. The number of aliphatic imine (C=N–C) groups is 1. The highest BCUT2D eigenvalue weighted by Gasteiger charge is 2.28. The Balaban J connectivity index is 0.00000288. The molecule has 2 rings (SSSR count). The predicted molar refractivity (Wildman–Crippen MR) is 107 cm³/mol. The zero-order chi connectivity index (χ0) is 16.9. The van der Waals surface area contributed by atoms with Crippen LogP contribution in [0.2, 0.25) is 0 Å². The molecule has 2 fully saturated rings. The van der Waals surface area contributed by atoms with Crippen LogP contribution in [0.1, 0.15) is 19.3 Å². The second-order valence-corrected chi connectivity index (χ2v) is 8.63. The standard InChI is InChI=1S/C15H30N4O3S.HI/c1-16-15(18(2)8-9-22-12-13-4-5-13)17-10-14-6-7-19(11-14)23(3,20)21;/h13-14H,4-12H2,1-3H3,(H,16,17);1H. The number of rotatable bonds is 8. The molecule has 24 heavy (non-hydrogen) atoms. The minimum atomic E-state index is -3.06. The molecule has 1 heterocycles. The molecule has 2 aliphatic rings. The van der Waals surface area contributed by atoms with Crippen molar-refractivity contribution < 1.29 is 13.2 Å². The van der Waals surface area contributed by atoms with Crippen LogP contribution in [0.25, 0.3) is 0 Å². The summed E-state index contributed by atoms with van der Waals surface area (Å²) in [5.74, 6) is 1.96. The molecule has 0 amide bonds. The molecular formula is C15H31IN4O3S. The molecule has 1 aliphatic carbocycles. The van der Waals surface area contributed by atoms with Crippen molar-refractivity contribution in [3.63, 3.8) is 0 Å². The highest BCUT2D eigenvalue weighted by Crippen LogP contribution is 2.28. The molecule has 0 radical (unpaired) electrons. The first-order valence-electron chi connectivity index (χ1n) is 8.34. The van der Waals surface area contributed by atoms with E-state index in [1.165, 1.54) is 19.1 Å². The Morgan fingerprint density at radius 2 is 2.04 bits per heavy atom. The van der Waals surface area contributed by atoms with Crippen LogP contribution < -0.4 is 5.32 Å². The van der Waals surface area contributed by atoms with Gasteiger partial charge in [-0.3, -0.25) is 4.99 Å². The van der Waals surface area contributed by atoms with Gasteiger partial charge in [-0.1, -0.05) is 0 Å². The number of nitrogens with zero attached hydrogens (tertiary/aromatic N) is 3. The Labute approximate surface area is 163 Å². The maximum absolute atomic E-state index is 11.5. The van der Waals surface area contributed by atoms with E-state index < -0.39 is 10.0 Å². The fourth-order valence-corrected chi connectivity index (χ4v) is 3.65. The molecule has 0 bridgehead atoms. The Bertz CT molecular complexity index is 511. The monoisotopic (exact) mass is 474 g/mol. The molecule has 0 aromatic carbocycles. The first kappa shape index (κ1) is 21.9. The van der Waals surface area contributed by atoms with E-state index in [2.05, 4.69) is 15.2 Å². The van der Waals surface area contributed by atoms with Gasteiger partial charge in [-0.2, -0.15) is 0 Å². The van der Waals surface area contributed by atoms with Gasteiger partial charge in [-0.05, 0) is 31.1 Å². The summed E-state index contributed by atoms with van der Waals surface area (Å²) < 4.78 is 30.3. The highest BCUT2D eigenvalue weighted by atomic mass is 127. The average molecular weight is 474 g/mol. The number of ether oxygens (including phenoxy) is 1. The molecule has 9 heteroatoms. The maximum Gasteiger partial charge on any atom is 0.211 e. The van der Waals surface area contributed by atoms with Gasteiger partial charge >= 0.3 is 0 Å². The van der Waals surface area contributed by atoms with Crippen molar-refractivity contribution in [1.29, 1.82) is 0 Å². The van der Waals surface area contributed by atoms with E-state index in [1.54, 1.807) is 11.4 Å². The number of hydrogen-bond acceptors (Lipinski definition) is 4. The number of hydrogen-bond donors (Lipinski definition) is 1. The van der Waals surface area contributed by atoms with Crippen LogP contribution >= 0.6 is 24.0 Å². The van der Waals surface area contributed by atoms with E-state index in [1.807, 2.05) is 7.05 Å². The van der Waals surface area contributed by atoms with Crippen LogP contribution in [-0.4, -0.2) is 83.3 Å². The van der Waals surface area contributed by atoms with Gasteiger partial charge in [0.25, 0.3) is 0 Å². The summed E-state index contributed by atoms with van der Waals surface area (Å²) in [7, 11) is 0.694. The van der Waals surface area contributed by atoms with Gasteiger partial charge in [0, 0.05) is 46.9 Å². The summed E-state index contributed by atoms with van der Waals surface area (Å²) in [5.41, 5.74) is 0. The lowest BCUT2D eigenvalue weighted by Crippen LogP contribution is -2.42. The second-order valence-electron chi connectivity index (χ2n) is 6.64. The molecular weight excluding hydrogens is 443 g/mol. The third kappa shape index (κ3) is 7.40. The smallest absolute Gasteiger partial charge is 0.211 e. The predicted octanol–water partition coefficient (Wildman–Crippen LogP) is 0.820. The number of likely N-dealkylation sites (N-methyl/N-ethyl adjacent to an activating group) is 1. The summed E-state index contributed by atoms with van der Waals surface area (Å²) >= 11 is 0. The summed E-state index contributed by atoms with van der Waals surface area (Å²) in [5, 5.41) is 3.34. The van der Waals surface area contributed by atoms with Gasteiger partial charge in [0.2, 0.25) is 10.0 Å². The van der Waals surface area contributed by atoms with Gasteiger partial charge in [-0.25, -0.2) is 12.7 Å². The number of sulfonamides is 1. The number of guanidine groups is 1. The van der Waals surface area contributed by atoms with Crippen LogP contribution in [0.15, 0.2) is 4.99 Å². The van der Waals surface area contributed by atoms with Crippen molar-refractivity contribution in [3.05, 3.63) is 0 Å². The molecule has 142 valence electrons. The molecule has 1 atom stereocenters. The van der Waals surface area contributed by atoms with Gasteiger partial charge in [0.1, 0.15) is 0 Å². The second kappa shape index (κ2) is 10.1. The lowest BCUT2D eigenvalue weighted by atomic mass is 10.1. The maximum atomic E-state index is 11.5. The molecule has 1 N–H and O–H groups in total. The molecule has 1 aliphatic heterocycles. The molecule has 0 aromatic heterocycles. The van der Waals surface area contributed by atoms with Crippen molar-refractivity contribution in [3.8, 4) is 0 Å². The first-order valence-corrected chi connectivity index (χ1v) is 10.2.